The molecule has 4 rings (SSSR count). The molecule has 0 amide bonds. The number of halogens is 2. The summed E-state index contributed by atoms with van der Waals surface area (Å²) in [5, 5.41) is 0. The van der Waals surface area contributed by atoms with Gasteiger partial charge < -0.3 is 0 Å². The molecule has 2 aliphatic rings. The van der Waals surface area contributed by atoms with Crippen molar-refractivity contribution in [2.45, 2.75) is 30.0 Å². The Bertz CT molecular complexity index is 720. The van der Waals surface area contributed by atoms with Gasteiger partial charge in [0.2, 0.25) is 0 Å². The van der Waals surface area contributed by atoms with Crippen LogP contribution in [0.2, 0.25) is 0 Å². The molecule has 3 atom stereocenters. The van der Waals surface area contributed by atoms with Crippen LogP contribution in [-0.2, 0) is 4.32 Å². The first-order valence-corrected chi connectivity index (χ1v) is 10.0. The maximum absolute atomic E-state index is 4.19. The van der Waals surface area contributed by atoms with E-state index in [2.05, 4.69) is 92.5 Å². The van der Waals surface area contributed by atoms with Gasteiger partial charge in [-0.15, -0.1) is 0 Å². The second-order valence-electron chi connectivity index (χ2n) is 6.67. The molecule has 1 fully saturated rings. The molecule has 1 saturated carbocycles. The Hall–Kier alpha value is -0.860. The SMILES string of the molecule is BrC1=C(c2ccccc2)[C@H]2CCCC[C@@H]2[C@]1(Br)c1ccccc1. The van der Waals surface area contributed by atoms with Crippen LogP contribution in [0.15, 0.2) is 65.1 Å². The summed E-state index contributed by atoms with van der Waals surface area (Å²) < 4.78 is 1.25. The third-order valence-corrected chi connectivity index (χ3v) is 8.51. The average Bonchev–Trinajstić information content (AvgIpc) is 2.86. The smallest absolute Gasteiger partial charge is 0.0740 e. The van der Waals surface area contributed by atoms with Crippen LogP contribution in [0.1, 0.15) is 36.8 Å². The molecule has 0 bridgehead atoms. The number of fused-ring (bicyclic) bond motifs is 1. The fourth-order valence-electron chi connectivity index (χ4n) is 4.45. The number of hydrogen-bond donors (Lipinski definition) is 0. The highest BCUT2D eigenvalue weighted by atomic mass is 79.9. The Kier molecular flexibility index (Phi) is 4.23. The van der Waals surface area contributed by atoms with E-state index in [-0.39, 0.29) is 4.32 Å². The topological polar surface area (TPSA) is 0 Å². The van der Waals surface area contributed by atoms with E-state index in [0.29, 0.717) is 11.8 Å². The van der Waals surface area contributed by atoms with E-state index >= 15 is 0 Å². The van der Waals surface area contributed by atoms with Gasteiger partial charge in [0.25, 0.3) is 0 Å². The van der Waals surface area contributed by atoms with E-state index < -0.39 is 0 Å². The highest BCUT2D eigenvalue weighted by molar-refractivity contribution is 9.14. The standard InChI is InChI=1S/C21H20Br2/c22-20-19(15-9-3-1-4-10-15)17-13-7-8-14-18(17)21(20,23)16-11-5-2-6-12-16/h1-6,9-12,17-18H,7-8,13-14H2/t17-,18-,21+/m0/s1. The minimum Gasteiger partial charge on any atom is -0.0740 e. The fraction of sp³-hybridized carbons (Fsp3) is 0.333. The highest BCUT2D eigenvalue weighted by Gasteiger charge is 2.53. The van der Waals surface area contributed by atoms with E-state index in [0.717, 1.165) is 0 Å². The Morgan fingerprint density at radius 3 is 2.13 bits per heavy atom. The van der Waals surface area contributed by atoms with Crippen molar-refractivity contribution in [2.75, 3.05) is 0 Å². The molecule has 0 spiro atoms. The summed E-state index contributed by atoms with van der Waals surface area (Å²) in [4.78, 5) is 0. The van der Waals surface area contributed by atoms with Gasteiger partial charge in [0.15, 0.2) is 0 Å². The van der Waals surface area contributed by atoms with Crippen molar-refractivity contribution in [3.8, 4) is 0 Å². The van der Waals surface area contributed by atoms with Crippen molar-refractivity contribution in [2.24, 2.45) is 11.8 Å². The van der Waals surface area contributed by atoms with E-state index in [1.165, 1.54) is 46.9 Å². The number of benzene rings is 2. The summed E-state index contributed by atoms with van der Waals surface area (Å²) in [6, 6.07) is 21.8. The Balaban J connectivity index is 1.90. The molecule has 0 N–H and O–H groups in total. The number of allylic oxidation sites excluding steroid dienone is 2. The van der Waals surface area contributed by atoms with E-state index in [9.17, 15) is 0 Å². The summed E-state index contributed by atoms with van der Waals surface area (Å²) in [6.07, 6.45) is 5.26. The summed E-state index contributed by atoms with van der Waals surface area (Å²) in [6.45, 7) is 0. The van der Waals surface area contributed by atoms with Crippen LogP contribution >= 0.6 is 31.9 Å². The summed E-state index contributed by atoms with van der Waals surface area (Å²) in [5.74, 6) is 1.27. The first kappa shape index (κ1) is 15.7. The molecular weight excluding hydrogens is 412 g/mol. The van der Waals surface area contributed by atoms with Crippen LogP contribution in [0, 0.1) is 11.8 Å². The van der Waals surface area contributed by atoms with Crippen molar-refractivity contribution in [3.05, 3.63) is 76.3 Å². The van der Waals surface area contributed by atoms with Crippen LogP contribution in [0.3, 0.4) is 0 Å². The van der Waals surface area contributed by atoms with E-state index in [4.69, 9.17) is 0 Å². The van der Waals surface area contributed by atoms with Crippen molar-refractivity contribution >= 4 is 37.4 Å². The Morgan fingerprint density at radius 1 is 0.826 bits per heavy atom. The fourth-order valence-corrected chi connectivity index (χ4v) is 6.53. The van der Waals surface area contributed by atoms with Gasteiger partial charge in [0.05, 0.1) is 4.32 Å². The first-order valence-electron chi connectivity index (χ1n) is 8.43. The number of hydrogen-bond acceptors (Lipinski definition) is 0. The summed E-state index contributed by atoms with van der Waals surface area (Å²) in [7, 11) is 0. The van der Waals surface area contributed by atoms with Gasteiger partial charge in [-0.05, 0) is 41.4 Å². The second kappa shape index (κ2) is 6.22. The van der Waals surface area contributed by atoms with Crippen LogP contribution in [0.4, 0.5) is 0 Å². The molecule has 2 heteroatoms. The largest absolute Gasteiger partial charge is 0.0856 e. The first-order chi connectivity index (χ1) is 11.2. The average molecular weight is 432 g/mol. The zero-order valence-electron chi connectivity index (χ0n) is 13.0. The molecule has 2 aliphatic carbocycles. The lowest BCUT2D eigenvalue weighted by molar-refractivity contribution is 0.275. The minimum atomic E-state index is -0.0788. The lowest BCUT2D eigenvalue weighted by Gasteiger charge is -2.37. The third-order valence-electron chi connectivity index (χ3n) is 5.48. The van der Waals surface area contributed by atoms with Gasteiger partial charge >= 0.3 is 0 Å². The molecule has 0 unspecified atom stereocenters. The van der Waals surface area contributed by atoms with Crippen molar-refractivity contribution in [3.63, 3.8) is 0 Å². The third kappa shape index (κ3) is 2.46. The molecule has 2 aromatic carbocycles. The lowest BCUT2D eigenvalue weighted by atomic mass is 9.73. The quantitative estimate of drug-likeness (QED) is 0.453. The highest BCUT2D eigenvalue weighted by Crippen LogP contribution is 2.64. The summed E-state index contributed by atoms with van der Waals surface area (Å²) >= 11 is 8.22. The lowest BCUT2D eigenvalue weighted by Crippen LogP contribution is -2.31. The Labute approximate surface area is 155 Å². The number of alkyl halides is 1. The van der Waals surface area contributed by atoms with Crippen molar-refractivity contribution in [1.29, 1.82) is 0 Å². The normalized spacial score (nSPS) is 30.3. The molecule has 0 nitrogen and oxygen atoms in total. The molecule has 23 heavy (non-hydrogen) atoms. The zero-order chi connectivity index (χ0) is 15.9. The van der Waals surface area contributed by atoms with E-state index in [1.54, 1.807) is 0 Å². The molecule has 0 aromatic heterocycles. The summed E-state index contributed by atoms with van der Waals surface area (Å²) in [5.41, 5.74) is 4.25. The molecule has 0 heterocycles. The number of rotatable bonds is 2. The molecule has 0 radical (unpaired) electrons. The van der Waals surface area contributed by atoms with Gasteiger partial charge in [-0.25, -0.2) is 0 Å². The predicted molar refractivity (Wildman–Crippen MR) is 105 cm³/mol. The molecule has 0 aliphatic heterocycles. The molecule has 0 saturated heterocycles. The van der Waals surface area contributed by atoms with Gasteiger partial charge in [-0.2, -0.15) is 0 Å². The monoisotopic (exact) mass is 430 g/mol. The van der Waals surface area contributed by atoms with Crippen molar-refractivity contribution in [1.82, 2.24) is 0 Å². The van der Waals surface area contributed by atoms with Crippen LogP contribution in [0.5, 0.6) is 0 Å². The van der Waals surface area contributed by atoms with Gasteiger partial charge in [0, 0.05) is 4.48 Å². The maximum atomic E-state index is 4.19. The van der Waals surface area contributed by atoms with Crippen molar-refractivity contribution < 1.29 is 0 Å². The minimum absolute atomic E-state index is 0.0788. The van der Waals surface area contributed by atoms with E-state index in [1.807, 2.05) is 0 Å². The Morgan fingerprint density at radius 2 is 1.43 bits per heavy atom. The van der Waals surface area contributed by atoms with Crippen LogP contribution in [-0.4, -0.2) is 0 Å². The van der Waals surface area contributed by atoms with Gasteiger partial charge in [-0.1, -0.05) is 105 Å². The molecular formula is C21H20Br2. The maximum Gasteiger partial charge on any atom is 0.0856 e. The van der Waals surface area contributed by atoms with Crippen LogP contribution in [0.25, 0.3) is 5.57 Å². The zero-order valence-corrected chi connectivity index (χ0v) is 16.2. The predicted octanol–water partition coefficient (Wildman–Crippen LogP) is 6.90. The molecule has 118 valence electrons. The molecule has 2 aromatic rings. The van der Waals surface area contributed by atoms with Gasteiger partial charge in [-0.3, -0.25) is 0 Å². The van der Waals surface area contributed by atoms with Gasteiger partial charge in [0.1, 0.15) is 0 Å². The van der Waals surface area contributed by atoms with Crippen LogP contribution < -0.4 is 0 Å². The second-order valence-corrected chi connectivity index (χ2v) is 8.71.